The highest BCUT2D eigenvalue weighted by molar-refractivity contribution is 7.89. The van der Waals surface area contributed by atoms with Gasteiger partial charge in [-0.25, -0.2) is 17.5 Å². The Morgan fingerprint density at radius 1 is 1.24 bits per heavy atom. The van der Waals surface area contributed by atoms with Gasteiger partial charge in [0.1, 0.15) is 5.82 Å². The third-order valence-corrected chi connectivity index (χ3v) is 7.03. The van der Waals surface area contributed by atoms with Crippen molar-refractivity contribution < 1.29 is 12.8 Å². The number of nitrogens with one attached hydrogen (secondary N) is 1. The molecule has 6 heteroatoms. The maximum absolute atomic E-state index is 13.4. The van der Waals surface area contributed by atoms with Gasteiger partial charge in [-0.05, 0) is 61.1 Å². The van der Waals surface area contributed by atoms with Crippen LogP contribution in [0.1, 0.15) is 24.8 Å². The second kappa shape index (κ2) is 4.51. The lowest BCUT2D eigenvalue weighted by Crippen LogP contribution is -2.30. The molecule has 114 valence electrons. The Labute approximate surface area is 124 Å². The molecule has 3 fully saturated rings. The molecule has 1 aromatic rings. The summed E-state index contributed by atoms with van der Waals surface area (Å²) in [5, 5.41) is 0. The molecule has 3 saturated carbocycles. The highest BCUT2D eigenvalue weighted by atomic mass is 32.2. The fourth-order valence-electron chi connectivity index (χ4n) is 4.61. The van der Waals surface area contributed by atoms with Crippen molar-refractivity contribution in [1.29, 1.82) is 0 Å². The van der Waals surface area contributed by atoms with Gasteiger partial charge < -0.3 is 5.73 Å². The van der Waals surface area contributed by atoms with Crippen LogP contribution in [0.15, 0.2) is 23.1 Å². The van der Waals surface area contributed by atoms with E-state index in [9.17, 15) is 12.8 Å². The van der Waals surface area contributed by atoms with Gasteiger partial charge in [0, 0.05) is 18.2 Å². The first-order chi connectivity index (χ1) is 10.0. The summed E-state index contributed by atoms with van der Waals surface area (Å²) in [7, 11) is -3.58. The molecule has 1 aromatic carbocycles. The van der Waals surface area contributed by atoms with E-state index in [1.165, 1.54) is 37.5 Å². The minimum atomic E-state index is -3.58. The van der Waals surface area contributed by atoms with E-state index in [-0.39, 0.29) is 23.0 Å². The highest BCUT2D eigenvalue weighted by Gasteiger charge is 2.65. The van der Waals surface area contributed by atoms with Crippen molar-refractivity contribution in [1.82, 2.24) is 4.72 Å². The largest absolute Gasteiger partial charge is 0.326 e. The first kappa shape index (κ1) is 13.7. The van der Waals surface area contributed by atoms with Gasteiger partial charge in [0.15, 0.2) is 0 Å². The summed E-state index contributed by atoms with van der Waals surface area (Å²) < 4.78 is 41.2. The van der Waals surface area contributed by atoms with E-state index in [4.69, 9.17) is 5.73 Å². The Bertz CT molecular complexity index is 675. The van der Waals surface area contributed by atoms with Crippen molar-refractivity contribution in [3.63, 3.8) is 0 Å². The smallest absolute Gasteiger partial charge is 0.240 e. The second-order valence-corrected chi connectivity index (χ2v) is 8.31. The van der Waals surface area contributed by atoms with Crippen molar-refractivity contribution in [3.8, 4) is 0 Å². The van der Waals surface area contributed by atoms with Crippen molar-refractivity contribution in [3.05, 3.63) is 29.6 Å². The maximum Gasteiger partial charge on any atom is 0.240 e. The lowest BCUT2D eigenvalue weighted by Gasteiger charge is -2.12. The summed E-state index contributed by atoms with van der Waals surface area (Å²) >= 11 is 0. The quantitative estimate of drug-likeness (QED) is 0.887. The molecule has 3 aliphatic rings. The van der Waals surface area contributed by atoms with E-state index in [2.05, 4.69) is 4.72 Å². The van der Waals surface area contributed by atoms with E-state index < -0.39 is 15.8 Å². The minimum Gasteiger partial charge on any atom is -0.326 e. The Morgan fingerprint density at radius 2 is 1.90 bits per heavy atom. The first-order valence-electron chi connectivity index (χ1n) is 7.52. The fraction of sp³-hybridized carbons (Fsp3) is 0.600. The van der Waals surface area contributed by atoms with Gasteiger partial charge in [0.05, 0.1) is 4.90 Å². The Morgan fingerprint density at radius 3 is 2.52 bits per heavy atom. The number of sulfonamides is 1. The van der Waals surface area contributed by atoms with E-state index in [1.807, 2.05) is 0 Å². The maximum atomic E-state index is 13.4. The molecular formula is C15H19FN2O2S. The Balaban J connectivity index is 1.55. The number of fused-ring (bicyclic) bond motifs is 5. The molecule has 0 heterocycles. The predicted octanol–water partition coefficient (Wildman–Crippen LogP) is 1.61. The fourth-order valence-corrected chi connectivity index (χ4v) is 5.96. The van der Waals surface area contributed by atoms with Crippen molar-refractivity contribution in [2.45, 2.75) is 36.7 Å². The van der Waals surface area contributed by atoms with Gasteiger partial charge in [-0.3, -0.25) is 0 Å². The monoisotopic (exact) mass is 310 g/mol. The van der Waals surface area contributed by atoms with Crippen LogP contribution in [-0.4, -0.2) is 14.5 Å². The van der Waals surface area contributed by atoms with Crippen LogP contribution in [0.5, 0.6) is 0 Å². The van der Waals surface area contributed by atoms with Gasteiger partial charge >= 0.3 is 0 Å². The number of halogens is 1. The van der Waals surface area contributed by atoms with Gasteiger partial charge in [-0.2, -0.15) is 0 Å². The standard InChI is InChI=1S/C15H19FN2O2S/c16-12-4-3-11(6-10(12)7-17)21(19,20)18-15-13-8-1-2-9(5-8)14(13)15/h3-4,6,8-9,13-15,18H,1-2,5,7,17H2. The molecule has 21 heavy (non-hydrogen) atoms. The molecule has 0 aliphatic heterocycles. The van der Waals surface area contributed by atoms with Gasteiger partial charge in [-0.15, -0.1) is 0 Å². The summed E-state index contributed by atoms with van der Waals surface area (Å²) in [6.07, 6.45) is 3.78. The SMILES string of the molecule is NCc1cc(S(=O)(=O)NC2C3C4CCC(C4)C23)ccc1F. The molecule has 4 unspecified atom stereocenters. The molecule has 0 saturated heterocycles. The third kappa shape index (κ3) is 2.04. The molecule has 4 nitrogen and oxygen atoms in total. The molecule has 4 atom stereocenters. The van der Waals surface area contributed by atoms with E-state index in [0.717, 1.165) is 0 Å². The van der Waals surface area contributed by atoms with E-state index in [1.54, 1.807) is 0 Å². The molecule has 3 N–H and O–H groups in total. The number of benzene rings is 1. The van der Waals surface area contributed by atoms with Crippen LogP contribution in [-0.2, 0) is 16.6 Å². The van der Waals surface area contributed by atoms with Crippen LogP contribution in [0, 0.1) is 29.5 Å². The molecule has 0 radical (unpaired) electrons. The van der Waals surface area contributed by atoms with Crippen molar-refractivity contribution in [2.24, 2.45) is 29.4 Å². The zero-order valence-corrected chi connectivity index (χ0v) is 12.4. The molecule has 4 rings (SSSR count). The normalized spacial score (nSPS) is 36.8. The Hall–Kier alpha value is -0.980. The molecule has 0 amide bonds. The topological polar surface area (TPSA) is 72.2 Å². The molecule has 0 aromatic heterocycles. The van der Waals surface area contributed by atoms with E-state index in [0.29, 0.717) is 23.7 Å². The highest BCUT2D eigenvalue weighted by Crippen LogP contribution is 2.65. The molecule has 0 spiro atoms. The average molecular weight is 310 g/mol. The molecule has 3 aliphatic carbocycles. The van der Waals surface area contributed by atoms with Gasteiger partial charge in [0.2, 0.25) is 10.0 Å². The summed E-state index contributed by atoms with van der Waals surface area (Å²) in [5.41, 5.74) is 5.67. The van der Waals surface area contributed by atoms with Crippen LogP contribution < -0.4 is 10.5 Å². The van der Waals surface area contributed by atoms with Crippen LogP contribution in [0.25, 0.3) is 0 Å². The van der Waals surface area contributed by atoms with Crippen molar-refractivity contribution >= 4 is 10.0 Å². The Kier molecular flexibility index (Phi) is 2.93. The summed E-state index contributed by atoms with van der Waals surface area (Å²) in [5.74, 6) is 2.03. The first-order valence-corrected chi connectivity index (χ1v) is 9.00. The lowest BCUT2D eigenvalue weighted by atomic mass is 10.0. The van der Waals surface area contributed by atoms with E-state index >= 15 is 0 Å². The number of rotatable bonds is 4. The molecule has 2 bridgehead atoms. The third-order valence-electron chi connectivity index (χ3n) is 5.57. The average Bonchev–Trinajstić information content (AvgIpc) is 2.85. The zero-order valence-electron chi connectivity index (χ0n) is 11.6. The summed E-state index contributed by atoms with van der Waals surface area (Å²) in [6.45, 7) is -0.00593. The van der Waals surface area contributed by atoms with Crippen molar-refractivity contribution in [2.75, 3.05) is 0 Å². The number of nitrogens with two attached hydrogens (primary N) is 1. The lowest BCUT2D eigenvalue weighted by molar-refractivity contribution is 0.456. The zero-order chi connectivity index (χ0) is 14.8. The van der Waals surface area contributed by atoms with Crippen LogP contribution >= 0.6 is 0 Å². The van der Waals surface area contributed by atoms with Crippen LogP contribution in [0.4, 0.5) is 4.39 Å². The number of hydrogen-bond donors (Lipinski definition) is 2. The summed E-state index contributed by atoms with van der Waals surface area (Å²) in [4.78, 5) is 0.113. The number of hydrogen-bond acceptors (Lipinski definition) is 3. The van der Waals surface area contributed by atoms with Crippen LogP contribution in [0.3, 0.4) is 0 Å². The summed E-state index contributed by atoms with van der Waals surface area (Å²) in [6, 6.07) is 3.91. The predicted molar refractivity (Wildman–Crippen MR) is 76.2 cm³/mol. The second-order valence-electron chi connectivity index (χ2n) is 6.59. The van der Waals surface area contributed by atoms with Gasteiger partial charge in [0.25, 0.3) is 0 Å². The van der Waals surface area contributed by atoms with Gasteiger partial charge in [-0.1, -0.05) is 0 Å². The molecular weight excluding hydrogens is 291 g/mol. The van der Waals surface area contributed by atoms with Crippen LogP contribution in [0.2, 0.25) is 0 Å². The minimum absolute atomic E-state index is 0.00593.